The molecule has 0 saturated heterocycles. The summed E-state index contributed by atoms with van der Waals surface area (Å²) in [6, 6.07) is 5.13. The van der Waals surface area contributed by atoms with Gasteiger partial charge >= 0.3 is 11.9 Å². The lowest BCUT2D eigenvalue weighted by atomic mass is 10.0. The highest BCUT2D eigenvalue weighted by molar-refractivity contribution is 5.96. The summed E-state index contributed by atoms with van der Waals surface area (Å²) < 4.78 is 9.94. The molecular weight excluding hydrogens is 258 g/mol. The summed E-state index contributed by atoms with van der Waals surface area (Å²) in [5.41, 5.74) is 6.62. The van der Waals surface area contributed by atoms with Crippen molar-refractivity contribution in [1.82, 2.24) is 0 Å². The van der Waals surface area contributed by atoms with E-state index < -0.39 is 11.6 Å². The molecule has 0 saturated carbocycles. The summed E-state index contributed by atoms with van der Waals surface area (Å²) in [6.07, 6.45) is 0.565. The highest BCUT2D eigenvalue weighted by Gasteiger charge is 2.19. The van der Waals surface area contributed by atoms with Gasteiger partial charge in [-0.3, -0.25) is 4.79 Å². The number of ether oxygens (including phenoxy) is 2. The van der Waals surface area contributed by atoms with E-state index >= 15 is 0 Å². The number of esters is 2. The van der Waals surface area contributed by atoms with Crippen LogP contribution in [0.5, 0.6) is 0 Å². The lowest BCUT2D eigenvalue weighted by Gasteiger charge is -2.19. The maximum Gasteiger partial charge on any atom is 0.340 e. The summed E-state index contributed by atoms with van der Waals surface area (Å²) in [5, 5.41) is 0. The van der Waals surface area contributed by atoms with Gasteiger partial charge in [0.1, 0.15) is 5.60 Å². The van der Waals surface area contributed by atoms with Gasteiger partial charge in [0.25, 0.3) is 0 Å². The number of hydrogen-bond acceptors (Lipinski definition) is 5. The van der Waals surface area contributed by atoms with Gasteiger partial charge in [-0.25, -0.2) is 4.79 Å². The third-order valence-corrected chi connectivity index (χ3v) is 2.59. The van der Waals surface area contributed by atoms with E-state index in [1.807, 2.05) is 20.8 Å². The number of methoxy groups -OCH3 is 1. The second-order valence-electron chi connectivity index (χ2n) is 5.46. The summed E-state index contributed by atoms with van der Waals surface area (Å²) in [6.45, 7) is 5.43. The van der Waals surface area contributed by atoms with E-state index in [0.29, 0.717) is 23.2 Å². The van der Waals surface area contributed by atoms with Gasteiger partial charge in [0.2, 0.25) is 0 Å². The molecule has 0 aromatic heterocycles. The normalized spacial score (nSPS) is 11.0. The Morgan fingerprint density at radius 2 is 1.90 bits per heavy atom. The van der Waals surface area contributed by atoms with Crippen LogP contribution in [-0.2, 0) is 20.7 Å². The fraction of sp³-hybridized carbons (Fsp3) is 0.467. The number of nitrogen functional groups attached to an aromatic ring is 1. The van der Waals surface area contributed by atoms with Crippen molar-refractivity contribution < 1.29 is 19.1 Å². The van der Waals surface area contributed by atoms with Gasteiger partial charge in [-0.1, -0.05) is 12.1 Å². The van der Waals surface area contributed by atoms with E-state index in [2.05, 4.69) is 0 Å². The highest BCUT2D eigenvalue weighted by atomic mass is 16.6. The van der Waals surface area contributed by atoms with E-state index in [-0.39, 0.29) is 12.4 Å². The molecule has 0 unspecified atom stereocenters. The third-order valence-electron chi connectivity index (χ3n) is 2.59. The Morgan fingerprint density at radius 3 is 2.45 bits per heavy atom. The number of anilines is 1. The van der Waals surface area contributed by atoms with Crippen LogP contribution in [0.1, 0.15) is 43.1 Å². The highest BCUT2D eigenvalue weighted by Crippen LogP contribution is 2.20. The van der Waals surface area contributed by atoms with E-state index in [1.54, 1.807) is 18.2 Å². The second-order valence-corrected chi connectivity index (χ2v) is 5.46. The van der Waals surface area contributed by atoms with Gasteiger partial charge in [-0.05, 0) is 38.8 Å². The van der Waals surface area contributed by atoms with Gasteiger partial charge in [0, 0.05) is 12.1 Å². The average Bonchev–Trinajstić information content (AvgIpc) is 2.33. The predicted octanol–water partition coefficient (Wildman–Crippen LogP) is 2.33. The molecule has 5 heteroatoms. The standard InChI is InChI=1S/C15H21NO4/c1-15(2,3)20-12(17)9-8-10-6-5-7-11(16)13(10)14(18)19-4/h5-7H,8-9,16H2,1-4H3. The minimum absolute atomic E-state index is 0.185. The van der Waals surface area contributed by atoms with Crippen LogP contribution in [0.25, 0.3) is 0 Å². The summed E-state index contributed by atoms with van der Waals surface area (Å²) >= 11 is 0. The van der Waals surface area contributed by atoms with Crippen molar-refractivity contribution in [3.05, 3.63) is 29.3 Å². The van der Waals surface area contributed by atoms with Crippen molar-refractivity contribution in [1.29, 1.82) is 0 Å². The molecule has 110 valence electrons. The molecule has 0 radical (unpaired) electrons. The molecule has 0 aliphatic carbocycles. The van der Waals surface area contributed by atoms with Crippen LogP contribution in [0, 0.1) is 0 Å². The summed E-state index contributed by atoms with van der Waals surface area (Å²) in [7, 11) is 1.30. The zero-order valence-corrected chi connectivity index (χ0v) is 12.4. The third kappa shape index (κ3) is 4.57. The minimum atomic E-state index is -0.516. The molecule has 0 amide bonds. The first-order chi connectivity index (χ1) is 9.24. The second kappa shape index (κ2) is 6.41. The maximum atomic E-state index is 11.7. The van der Waals surface area contributed by atoms with Gasteiger partial charge in [0.05, 0.1) is 12.7 Å². The first-order valence-corrected chi connectivity index (χ1v) is 6.42. The average molecular weight is 279 g/mol. The largest absolute Gasteiger partial charge is 0.465 e. The lowest BCUT2D eigenvalue weighted by Crippen LogP contribution is -2.24. The first kappa shape index (κ1) is 16.0. The van der Waals surface area contributed by atoms with E-state index in [4.69, 9.17) is 15.2 Å². The molecule has 1 aromatic carbocycles. The Hall–Kier alpha value is -2.04. The fourth-order valence-corrected chi connectivity index (χ4v) is 1.81. The minimum Gasteiger partial charge on any atom is -0.465 e. The van der Waals surface area contributed by atoms with Gasteiger partial charge < -0.3 is 15.2 Å². The summed E-state index contributed by atoms with van der Waals surface area (Å²) in [4.78, 5) is 23.4. The molecule has 0 bridgehead atoms. The van der Waals surface area contributed by atoms with E-state index in [9.17, 15) is 9.59 Å². The molecular formula is C15H21NO4. The van der Waals surface area contributed by atoms with Gasteiger partial charge in [0.15, 0.2) is 0 Å². The van der Waals surface area contributed by atoms with Crippen LogP contribution < -0.4 is 5.73 Å². The SMILES string of the molecule is COC(=O)c1c(N)cccc1CCC(=O)OC(C)(C)C. The number of hydrogen-bond donors (Lipinski definition) is 1. The Kier molecular flexibility index (Phi) is 5.13. The number of aryl methyl sites for hydroxylation is 1. The molecule has 2 N–H and O–H groups in total. The smallest absolute Gasteiger partial charge is 0.340 e. The van der Waals surface area contributed by atoms with Crippen molar-refractivity contribution in [2.24, 2.45) is 0 Å². The Labute approximate surface area is 119 Å². The number of rotatable bonds is 4. The monoisotopic (exact) mass is 279 g/mol. The van der Waals surface area contributed by atoms with Crippen LogP contribution in [0.2, 0.25) is 0 Å². The predicted molar refractivity (Wildman–Crippen MR) is 76.4 cm³/mol. The zero-order valence-electron chi connectivity index (χ0n) is 12.4. The molecule has 1 rings (SSSR count). The van der Waals surface area contributed by atoms with Crippen molar-refractivity contribution in [3.63, 3.8) is 0 Å². The quantitative estimate of drug-likeness (QED) is 0.676. The molecule has 20 heavy (non-hydrogen) atoms. The van der Waals surface area contributed by atoms with Crippen LogP contribution in [0.15, 0.2) is 18.2 Å². The number of carbonyl (C=O) groups excluding carboxylic acids is 2. The van der Waals surface area contributed by atoms with Crippen molar-refractivity contribution in [2.75, 3.05) is 12.8 Å². The van der Waals surface area contributed by atoms with Crippen molar-refractivity contribution in [3.8, 4) is 0 Å². The molecule has 0 fully saturated rings. The molecule has 1 aromatic rings. The lowest BCUT2D eigenvalue weighted by molar-refractivity contribution is -0.154. The maximum absolute atomic E-state index is 11.7. The molecule has 0 aliphatic rings. The summed E-state index contributed by atoms with van der Waals surface area (Å²) in [5.74, 6) is -0.807. The van der Waals surface area contributed by atoms with Crippen LogP contribution >= 0.6 is 0 Å². The Morgan fingerprint density at radius 1 is 1.25 bits per heavy atom. The van der Waals surface area contributed by atoms with Crippen LogP contribution in [-0.4, -0.2) is 24.6 Å². The number of nitrogens with two attached hydrogens (primary N) is 1. The van der Waals surface area contributed by atoms with E-state index in [0.717, 1.165) is 0 Å². The van der Waals surface area contributed by atoms with Crippen LogP contribution in [0.4, 0.5) is 5.69 Å². The topological polar surface area (TPSA) is 78.6 Å². The van der Waals surface area contributed by atoms with Gasteiger partial charge in [-0.2, -0.15) is 0 Å². The van der Waals surface area contributed by atoms with Gasteiger partial charge in [-0.15, -0.1) is 0 Å². The Balaban J connectivity index is 2.81. The molecule has 5 nitrogen and oxygen atoms in total. The zero-order chi connectivity index (χ0) is 15.3. The molecule has 0 atom stereocenters. The number of carbonyl (C=O) groups is 2. The fourth-order valence-electron chi connectivity index (χ4n) is 1.81. The van der Waals surface area contributed by atoms with Crippen molar-refractivity contribution >= 4 is 17.6 Å². The first-order valence-electron chi connectivity index (χ1n) is 6.42. The molecule has 0 spiro atoms. The van der Waals surface area contributed by atoms with Crippen LogP contribution in [0.3, 0.4) is 0 Å². The van der Waals surface area contributed by atoms with Crippen molar-refractivity contribution in [2.45, 2.75) is 39.2 Å². The van der Waals surface area contributed by atoms with E-state index in [1.165, 1.54) is 7.11 Å². The molecule has 0 aliphatic heterocycles. The molecule has 0 heterocycles. The number of benzene rings is 1. The Bertz CT molecular complexity index is 503.